The number of nitrogens with one attached hydrogen (secondary N) is 2. The Hall–Kier alpha value is -2.43. The average molecular weight is 586 g/mol. The van der Waals surface area contributed by atoms with Gasteiger partial charge in [-0.05, 0) is 74.1 Å². The summed E-state index contributed by atoms with van der Waals surface area (Å²) < 4.78 is 0. The molecular weight excluding hydrogens is 538 g/mol. The van der Waals surface area contributed by atoms with E-state index in [-0.39, 0.29) is 17.1 Å². The topological polar surface area (TPSA) is 122 Å². The Morgan fingerprint density at radius 1 is 1.02 bits per heavy atom. The number of nitrogens with zero attached hydrogens (tertiary/aromatic N) is 1. The van der Waals surface area contributed by atoms with E-state index < -0.39 is 34.7 Å². The van der Waals surface area contributed by atoms with Crippen LogP contribution in [0, 0.1) is 6.92 Å². The predicted molar refractivity (Wildman–Crippen MR) is 166 cm³/mol. The zero-order chi connectivity index (χ0) is 29.7. The number of carbonyl (C=O) groups excluding carboxylic acids is 2. The molecule has 226 valence electrons. The number of amides is 2. The molecule has 2 aromatic carbocycles. The molecule has 5 atom stereocenters. The van der Waals surface area contributed by atoms with Gasteiger partial charge in [-0.15, -0.1) is 0 Å². The minimum absolute atomic E-state index is 0.0366. The average Bonchev–Trinajstić information content (AvgIpc) is 2.94. The smallest absolute Gasteiger partial charge is 0.247 e. The van der Waals surface area contributed by atoms with Crippen molar-refractivity contribution in [2.75, 3.05) is 38.2 Å². The Morgan fingerprint density at radius 2 is 1.68 bits per heavy atom. The number of carbonyl (C=O) groups is 2. The molecule has 0 aromatic heterocycles. The van der Waals surface area contributed by atoms with Crippen molar-refractivity contribution in [2.24, 2.45) is 0 Å². The Morgan fingerprint density at radius 3 is 2.37 bits per heavy atom. The second-order valence-electron chi connectivity index (χ2n) is 12.2. The van der Waals surface area contributed by atoms with Gasteiger partial charge in [0.1, 0.15) is 11.6 Å². The molecule has 2 heterocycles. The monoisotopic (exact) mass is 585 g/mol. The number of thiol groups is 1. The zero-order valence-corrected chi connectivity index (χ0v) is 25.7. The van der Waals surface area contributed by atoms with Crippen LogP contribution in [0.25, 0.3) is 0 Å². The van der Waals surface area contributed by atoms with Crippen LogP contribution in [0.1, 0.15) is 59.8 Å². The van der Waals surface area contributed by atoms with E-state index in [1.54, 1.807) is 13.8 Å². The van der Waals surface area contributed by atoms with Gasteiger partial charge in [0.05, 0.1) is 12.2 Å². The van der Waals surface area contributed by atoms with Gasteiger partial charge in [0.2, 0.25) is 11.8 Å². The van der Waals surface area contributed by atoms with E-state index >= 15 is 0 Å². The van der Waals surface area contributed by atoms with Crippen molar-refractivity contribution in [1.82, 2.24) is 15.5 Å². The molecular formula is C32H47N3O5S. The highest BCUT2D eigenvalue weighted by atomic mass is 32.2. The minimum Gasteiger partial charge on any atom is -0.390 e. The second-order valence-corrected chi connectivity index (χ2v) is 14.6. The summed E-state index contributed by atoms with van der Waals surface area (Å²) in [6.45, 7) is 8.52. The first-order valence-electron chi connectivity index (χ1n) is 14.7. The first-order chi connectivity index (χ1) is 19.5. The molecule has 2 aliphatic rings. The Bertz CT molecular complexity index is 1200. The van der Waals surface area contributed by atoms with E-state index in [1.807, 2.05) is 11.0 Å². The number of aliphatic hydroxyl groups is 3. The molecule has 1 unspecified atom stereocenters. The number of benzene rings is 2. The van der Waals surface area contributed by atoms with Crippen molar-refractivity contribution in [3.05, 3.63) is 70.3 Å². The number of aliphatic hydroxyl groups excluding tert-OH is 3. The molecule has 4 rings (SSSR count). The molecule has 9 heteroatoms. The van der Waals surface area contributed by atoms with E-state index in [4.69, 9.17) is 0 Å². The van der Waals surface area contributed by atoms with Gasteiger partial charge in [-0.1, -0.05) is 42.5 Å². The number of rotatable bonds is 9. The molecule has 2 fully saturated rings. The summed E-state index contributed by atoms with van der Waals surface area (Å²) in [5.74, 6) is 0.383. The van der Waals surface area contributed by atoms with Crippen molar-refractivity contribution in [1.29, 1.82) is 0 Å². The summed E-state index contributed by atoms with van der Waals surface area (Å²) in [7, 11) is -0.657. The molecule has 2 aliphatic heterocycles. The zero-order valence-electron chi connectivity index (χ0n) is 24.8. The fraction of sp³-hybridized carbons (Fsp3) is 0.562. The maximum atomic E-state index is 12.8. The molecule has 0 saturated carbocycles. The van der Waals surface area contributed by atoms with Crippen LogP contribution in [0.15, 0.2) is 42.5 Å². The fourth-order valence-electron chi connectivity index (χ4n) is 5.93. The molecule has 2 aromatic rings. The van der Waals surface area contributed by atoms with E-state index in [0.717, 1.165) is 37.1 Å². The normalized spacial score (nSPS) is 26.0. The fourth-order valence-corrected chi connectivity index (χ4v) is 8.33. The van der Waals surface area contributed by atoms with Gasteiger partial charge >= 0.3 is 0 Å². The third kappa shape index (κ3) is 7.90. The first kappa shape index (κ1) is 31.5. The van der Waals surface area contributed by atoms with Gasteiger partial charge < -0.3 is 30.9 Å². The van der Waals surface area contributed by atoms with Crippen LogP contribution in [0.3, 0.4) is 0 Å². The molecule has 8 nitrogen and oxygen atoms in total. The molecule has 0 bridgehead atoms. The number of aryl methyl sites for hydroxylation is 2. The molecule has 41 heavy (non-hydrogen) atoms. The number of piperazine rings is 1. The Balaban J connectivity index is 1.29. The third-order valence-corrected chi connectivity index (χ3v) is 10.9. The second kappa shape index (κ2) is 13.7. The van der Waals surface area contributed by atoms with Gasteiger partial charge in [-0.3, -0.25) is 9.59 Å². The lowest BCUT2D eigenvalue weighted by atomic mass is 9.93. The van der Waals surface area contributed by atoms with Crippen molar-refractivity contribution in [3.8, 4) is 0 Å². The number of hydrogen-bond acceptors (Lipinski definition) is 6. The molecule has 2 saturated heterocycles. The van der Waals surface area contributed by atoms with Crippen molar-refractivity contribution >= 4 is 22.7 Å². The van der Waals surface area contributed by atoms with Crippen LogP contribution in [0.4, 0.5) is 0 Å². The van der Waals surface area contributed by atoms with E-state index in [1.165, 1.54) is 16.7 Å². The maximum absolute atomic E-state index is 12.8. The van der Waals surface area contributed by atoms with Crippen LogP contribution < -0.4 is 10.6 Å². The highest BCUT2D eigenvalue weighted by Gasteiger charge is 2.40. The van der Waals surface area contributed by atoms with Crippen LogP contribution in [0.2, 0.25) is 0 Å². The van der Waals surface area contributed by atoms with Crippen molar-refractivity contribution < 1.29 is 24.9 Å². The minimum atomic E-state index is -1.12. The standard InChI is InChI=1S/C32H47N3O5S/c1-21-8-13-24(30-29(39)28(38)26(36)20-41(30)4)19-25(21)18-23-11-9-22(10-12-23)6-5-7-27(37)34-32(2,3)31(40)35-16-14-33-15-17-35/h8-13,19,26,28-30,33,36,38-39,41H,5-7,14-18,20H2,1-4H3,(H,34,37)/t26-,28-,29-,30+/m1/s1. The van der Waals surface area contributed by atoms with Crippen LogP contribution in [-0.4, -0.2) is 94.1 Å². The summed E-state index contributed by atoms with van der Waals surface area (Å²) in [4.78, 5) is 27.3. The lowest BCUT2D eigenvalue weighted by molar-refractivity contribution is -0.141. The van der Waals surface area contributed by atoms with Gasteiger partial charge in [0.15, 0.2) is 0 Å². The van der Waals surface area contributed by atoms with Gasteiger partial charge in [-0.2, -0.15) is 0 Å². The summed E-state index contributed by atoms with van der Waals surface area (Å²) in [5, 5.41) is 37.0. The lowest BCUT2D eigenvalue weighted by Crippen LogP contribution is -2.59. The SMILES string of the molecule is Cc1ccc([C@H]2[C@H](O)[C@H](O)[C@H](O)C[SH]2C)cc1Cc1ccc(CCCC(=O)NC(C)(C)C(=O)N2CCNCC2)cc1. The van der Waals surface area contributed by atoms with E-state index in [0.29, 0.717) is 31.7 Å². The van der Waals surface area contributed by atoms with E-state index in [9.17, 15) is 24.9 Å². The van der Waals surface area contributed by atoms with Crippen molar-refractivity contribution in [2.45, 2.75) is 75.6 Å². The molecule has 0 aliphatic carbocycles. The Labute approximate surface area is 246 Å². The summed E-state index contributed by atoms with van der Waals surface area (Å²) in [6.07, 6.45) is 1.73. The summed E-state index contributed by atoms with van der Waals surface area (Å²) in [6, 6.07) is 14.7. The quantitative estimate of drug-likeness (QED) is 0.251. The number of hydrogen-bond donors (Lipinski definition) is 6. The summed E-state index contributed by atoms with van der Waals surface area (Å²) >= 11 is 0. The van der Waals surface area contributed by atoms with Gasteiger partial charge in [0.25, 0.3) is 0 Å². The van der Waals surface area contributed by atoms with E-state index in [2.05, 4.69) is 60.2 Å². The molecule has 5 N–H and O–H groups in total. The van der Waals surface area contributed by atoms with Crippen LogP contribution >= 0.6 is 10.9 Å². The van der Waals surface area contributed by atoms with Gasteiger partial charge in [-0.25, -0.2) is 10.9 Å². The van der Waals surface area contributed by atoms with Crippen molar-refractivity contribution in [3.63, 3.8) is 0 Å². The highest BCUT2D eigenvalue weighted by Crippen LogP contribution is 2.48. The third-order valence-electron chi connectivity index (χ3n) is 8.41. The maximum Gasteiger partial charge on any atom is 0.247 e. The van der Waals surface area contributed by atoms with Crippen LogP contribution in [-0.2, 0) is 22.4 Å². The lowest BCUT2D eigenvalue weighted by Gasteiger charge is -2.42. The molecule has 0 spiro atoms. The molecule has 0 radical (unpaired) electrons. The predicted octanol–water partition coefficient (Wildman–Crippen LogP) is 2.00. The highest BCUT2D eigenvalue weighted by molar-refractivity contribution is 8.16. The largest absolute Gasteiger partial charge is 0.390 e. The Kier molecular flexibility index (Phi) is 10.5. The van der Waals surface area contributed by atoms with Gasteiger partial charge in [0, 0.05) is 43.6 Å². The summed E-state index contributed by atoms with van der Waals surface area (Å²) in [5.41, 5.74) is 4.80. The molecule has 2 amide bonds. The van der Waals surface area contributed by atoms with Crippen LogP contribution in [0.5, 0.6) is 0 Å². The first-order valence-corrected chi connectivity index (χ1v) is 16.7.